The van der Waals surface area contributed by atoms with Crippen LogP contribution in [-0.2, 0) is 0 Å². The van der Waals surface area contributed by atoms with E-state index in [0.29, 0.717) is 0 Å². The van der Waals surface area contributed by atoms with Crippen LogP contribution in [0, 0.1) is 0 Å². The van der Waals surface area contributed by atoms with E-state index < -0.39 is 15.3 Å². The molecule has 0 saturated heterocycles. The Morgan fingerprint density at radius 3 is 1.18 bits per heavy atom. The zero-order valence-electron chi connectivity index (χ0n) is 12.8. The minimum Gasteiger partial charge on any atom is -1.00 e. The minimum absolute atomic E-state index is 0. The van der Waals surface area contributed by atoms with Crippen molar-refractivity contribution in [1.29, 1.82) is 0 Å². The molecule has 17 heavy (non-hydrogen) atoms. The largest absolute Gasteiger partial charge is 1.00 e. The summed E-state index contributed by atoms with van der Waals surface area (Å²) in [5.74, 6) is 0. The van der Waals surface area contributed by atoms with Crippen molar-refractivity contribution in [2.75, 3.05) is 18.5 Å². The van der Waals surface area contributed by atoms with Crippen LogP contribution in [0.1, 0.15) is 59.3 Å². The SMILES string of the molecule is CCCC[P+](CCCC)(CCCC)[SiH](C)C.[Cl-]. The molecule has 0 amide bonds. The third-order valence-electron chi connectivity index (χ3n) is 3.97. The first kappa shape index (κ1) is 20.3. The van der Waals surface area contributed by atoms with E-state index in [2.05, 4.69) is 33.9 Å². The van der Waals surface area contributed by atoms with Gasteiger partial charge in [-0.15, -0.1) is 0 Å². The van der Waals surface area contributed by atoms with E-state index in [-0.39, 0.29) is 12.4 Å². The molecular weight excluding hydrogens is 263 g/mol. The molecule has 0 N–H and O–H groups in total. The number of hydrogen-bond donors (Lipinski definition) is 0. The van der Waals surface area contributed by atoms with Gasteiger partial charge < -0.3 is 12.4 Å². The van der Waals surface area contributed by atoms with Crippen molar-refractivity contribution in [1.82, 2.24) is 0 Å². The topological polar surface area (TPSA) is 0 Å². The Morgan fingerprint density at radius 2 is 1.00 bits per heavy atom. The summed E-state index contributed by atoms with van der Waals surface area (Å²) in [5.41, 5.74) is 0. The van der Waals surface area contributed by atoms with Crippen LogP contribution >= 0.6 is 6.81 Å². The second-order valence-corrected chi connectivity index (χ2v) is 17.9. The lowest BCUT2D eigenvalue weighted by molar-refractivity contribution is -0.00000377. The number of unbranched alkanes of at least 4 members (excludes halogenated alkanes) is 3. The average Bonchev–Trinajstić information content (AvgIpc) is 2.28. The van der Waals surface area contributed by atoms with Gasteiger partial charge in [-0.05, 0) is 39.2 Å². The van der Waals surface area contributed by atoms with Gasteiger partial charge in [-0.2, -0.15) is 0 Å². The van der Waals surface area contributed by atoms with Crippen LogP contribution in [0.5, 0.6) is 0 Å². The van der Waals surface area contributed by atoms with Crippen molar-refractivity contribution in [2.24, 2.45) is 0 Å². The Hall–Kier alpha value is 0.937. The highest BCUT2D eigenvalue weighted by Crippen LogP contribution is 2.62. The lowest BCUT2D eigenvalue weighted by Gasteiger charge is -2.31. The second kappa shape index (κ2) is 12.0. The molecule has 0 spiro atoms. The third-order valence-corrected chi connectivity index (χ3v) is 18.7. The summed E-state index contributed by atoms with van der Waals surface area (Å²) < 4.78 is 0. The lowest BCUT2D eigenvalue weighted by Crippen LogP contribution is -3.00. The van der Waals surface area contributed by atoms with Crippen LogP contribution in [-0.4, -0.2) is 26.9 Å². The standard InChI is InChI=1S/C14H34PSi.ClH/c1-6-9-12-15(16(4)5,13-10-7-2)14-11-8-3;/h16H,6-14H2,1-5H3;1H/q+1;/p-1. The first-order valence-corrected chi connectivity index (χ1v) is 13.8. The van der Waals surface area contributed by atoms with E-state index in [1.165, 1.54) is 38.5 Å². The molecule has 0 aromatic carbocycles. The Kier molecular flexibility index (Phi) is 14.3. The molecule has 0 aliphatic rings. The number of halogens is 1. The van der Waals surface area contributed by atoms with Crippen molar-refractivity contribution >= 4 is 15.3 Å². The van der Waals surface area contributed by atoms with E-state index in [1.54, 1.807) is 18.5 Å². The van der Waals surface area contributed by atoms with Crippen molar-refractivity contribution in [3.8, 4) is 0 Å². The molecule has 0 bridgehead atoms. The van der Waals surface area contributed by atoms with Gasteiger partial charge in [0.2, 0.25) is 8.46 Å². The van der Waals surface area contributed by atoms with Crippen LogP contribution in [0.3, 0.4) is 0 Å². The summed E-state index contributed by atoms with van der Waals surface area (Å²) in [4.78, 5) is 0. The van der Waals surface area contributed by atoms with E-state index >= 15 is 0 Å². The molecule has 0 aliphatic carbocycles. The van der Waals surface area contributed by atoms with Crippen molar-refractivity contribution in [3.05, 3.63) is 0 Å². The van der Waals surface area contributed by atoms with Crippen LogP contribution in [0.25, 0.3) is 0 Å². The molecule has 0 nitrogen and oxygen atoms in total. The van der Waals surface area contributed by atoms with E-state index in [4.69, 9.17) is 0 Å². The van der Waals surface area contributed by atoms with Gasteiger partial charge in [0.05, 0.1) is 0 Å². The summed E-state index contributed by atoms with van der Waals surface area (Å²) in [6, 6.07) is 0. The molecule has 3 heteroatoms. The maximum atomic E-state index is 2.63. The molecule has 0 aromatic rings. The molecule has 0 saturated carbocycles. The quantitative estimate of drug-likeness (QED) is 0.429. The molecule has 0 rings (SSSR count). The molecule has 0 unspecified atom stereocenters. The second-order valence-electron chi connectivity index (χ2n) is 5.54. The first-order chi connectivity index (χ1) is 7.63. The van der Waals surface area contributed by atoms with Crippen molar-refractivity contribution in [2.45, 2.75) is 72.4 Å². The fraction of sp³-hybridized carbons (Fsp3) is 1.00. The van der Waals surface area contributed by atoms with Gasteiger partial charge in [-0.1, -0.05) is 40.0 Å². The maximum absolute atomic E-state index is 2.63. The fourth-order valence-electron chi connectivity index (χ4n) is 2.53. The maximum Gasteiger partial charge on any atom is 0.209 e. The summed E-state index contributed by atoms with van der Waals surface area (Å²) in [5, 5.41) is 0. The van der Waals surface area contributed by atoms with Crippen molar-refractivity contribution < 1.29 is 12.4 Å². The van der Waals surface area contributed by atoms with Gasteiger partial charge >= 0.3 is 0 Å². The van der Waals surface area contributed by atoms with Gasteiger partial charge in [-0.25, -0.2) is 0 Å². The number of rotatable bonds is 10. The van der Waals surface area contributed by atoms with E-state index in [0.717, 1.165) is 0 Å². The molecular formula is C14H34ClPSi. The summed E-state index contributed by atoms with van der Waals surface area (Å²) in [7, 11) is -0.405. The highest BCUT2D eigenvalue weighted by Gasteiger charge is 2.39. The van der Waals surface area contributed by atoms with Gasteiger partial charge in [-0.3, -0.25) is 0 Å². The zero-order valence-corrected chi connectivity index (χ0v) is 15.6. The normalized spacial score (nSPS) is 11.6. The Labute approximate surface area is 119 Å². The van der Waals surface area contributed by atoms with Crippen LogP contribution in [0.2, 0.25) is 13.1 Å². The fourth-order valence-corrected chi connectivity index (χ4v) is 13.9. The van der Waals surface area contributed by atoms with Crippen molar-refractivity contribution in [3.63, 3.8) is 0 Å². The van der Waals surface area contributed by atoms with Gasteiger partial charge in [0.15, 0.2) is 0 Å². The summed E-state index contributed by atoms with van der Waals surface area (Å²) >= 11 is 0. The Morgan fingerprint density at radius 1 is 0.706 bits per heavy atom. The highest BCUT2D eigenvalue weighted by molar-refractivity contribution is 8.04. The molecule has 0 heterocycles. The molecule has 106 valence electrons. The minimum atomic E-state index is -0.479. The first-order valence-electron chi connectivity index (χ1n) is 7.48. The Bertz CT molecular complexity index is 141. The van der Waals surface area contributed by atoms with Gasteiger partial charge in [0, 0.05) is 18.5 Å². The molecule has 0 aliphatic heterocycles. The summed E-state index contributed by atoms with van der Waals surface area (Å²) in [6.45, 7) is 11.9. The Balaban J connectivity index is 0. The monoisotopic (exact) mass is 296 g/mol. The highest BCUT2D eigenvalue weighted by atomic mass is 35.5. The molecule has 0 radical (unpaired) electrons. The van der Waals surface area contributed by atoms with Gasteiger partial charge in [0.25, 0.3) is 0 Å². The average molecular weight is 297 g/mol. The predicted octanol–water partition coefficient (Wildman–Crippen LogP) is 2.39. The zero-order chi connectivity index (χ0) is 12.4. The van der Waals surface area contributed by atoms with Crippen LogP contribution in [0.15, 0.2) is 0 Å². The predicted molar refractivity (Wildman–Crippen MR) is 85.1 cm³/mol. The number of hydrogen-bond acceptors (Lipinski definition) is 0. The smallest absolute Gasteiger partial charge is 0.209 e. The van der Waals surface area contributed by atoms with E-state index in [1.807, 2.05) is 0 Å². The molecule has 0 atom stereocenters. The molecule has 0 aromatic heterocycles. The van der Waals surface area contributed by atoms with Crippen LogP contribution < -0.4 is 12.4 Å². The third kappa shape index (κ3) is 7.85. The van der Waals surface area contributed by atoms with Crippen LogP contribution in [0.4, 0.5) is 0 Å². The summed E-state index contributed by atoms with van der Waals surface area (Å²) in [6.07, 6.45) is 13.6. The molecule has 0 fully saturated rings. The van der Waals surface area contributed by atoms with E-state index in [9.17, 15) is 0 Å². The van der Waals surface area contributed by atoms with Gasteiger partial charge in [0.1, 0.15) is 0 Å². The lowest BCUT2D eigenvalue weighted by atomic mass is 10.4.